The van der Waals surface area contributed by atoms with Crippen molar-refractivity contribution in [3.8, 4) is 5.75 Å². The Labute approximate surface area is 132 Å². The average Bonchev–Trinajstić information content (AvgIpc) is 2.59. The lowest BCUT2D eigenvalue weighted by atomic mass is 10.1. The van der Waals surface area contributed by atoms with Crippen molar-refractivity contribution in [2.75, 3.05) is 7.11 Å². The van der Waals surface area contributed by atoms with Crippen LogP contribution in [0.15, 0.2) is 70.9 Å². The third-order valence-corrected chi connectivity index (χ3v) is 3.41. The van der Waals surface area contributed by atoms with Gasteiger partial charge in [-0.15, -0.1) is 10.2 Å². The second kappa shape index (κ2) is 6.23. The van der Waals surface area contributed by atoms with Gasteiger partial charge in [0.25, 0.3) is 5.69 Å². The van der Waals surface area contributed by atoms with Gasteiger partial charge in [-0.05, 0) is 17.5 Å². The fourth-order valence-corrected chi connectivity index (χ4v) is 2.27. The Morgan fingerprint density at radius 1 is 0.957 bits per heavy atom. The number of nitro groups is 1. The second-order valence-corrected chi connectivity index (χ2v) is 4.81. The number of benzene rings is 3. The zero-order valence-electron chi connectivity index (χ0n) is 12.3. The molecule has 0 amide bonds. The molecule has 0 spiro atoms. The Morgan fingerprint density at radius 2 is 1.70 bits per heavy atom. The Kier molecular flexibility index (Phi) is 3.97. The first-order valence-electron chi connectivity index (χ1n) is 6.91. The van der Waals surface area contributed by atoms with Crippen LogP contribution in [-0.4, -0.2) is 12.0 Å². The van der Waals surface area contributed by atoms with E-state index in [4.69, 9.17) is 4.74 Å². The minimum Gasteiger partial charge on any atom is -0.494 e. The summed E-state index contributed by atoms with van der Waals surface area (Å²) in [5.74, 6) is 0.430. The minimum atomic E-state index is -0.476. The van der Waals surface area contributed by atoms with Crippen LogP contribution in [0, 0.1) is 10.1 Å². The highest BCUT2D eigenvalue weighted by Gasteiger charge is 2.11. The Hall–Kier alpha value is -3.28. The number of rotatable bonds is 4. The molecular weight excluding hydrogens is 294 g/mol. The predicted molar refractivity (Wildman–Crippen MR) is 87.8 cm³/mol. The lowest BCUT2D eigenvalue weighted by molar-refractivity contribution is -0.384. The summed E-state index contributed by atoms with van der Waals surface area (Å²) in [6, 6.07) is 17.8. The molecule has 0 aromatic heterocycles. The van der Waals surface area contributed by atoms with Crippen molar-refractivity contribution in [2.24, 2.45) is 10.2 Å². The summed E-state index contributed by atoms with van der Waals surface area (Å²) in [5.41, 5.74) is 0.948. The maximum Gasteiger partial charge on any atom is 0.271 e. The van der Waals surface area contributed by atoms with Crippen molar-refractivity contribution < 1.29 is 9.66 Å². The Morgan fingerprint density at radius 3 is 2.48 bits per heavy atom. The first-order chi connectivity index (χ1) is 11.2. The Balaban J connectivity index is 2.05. The van der Waals surface area contributed by atoms with E-state index in [9.17, 15) is 10.1 Å². The van der Waals surface area contributed by atoms with Crippen molar-refractivity contribution in [3.63, 3.8) is 0 Å². The van der Waals surface area contributed by atoms with Crippen LogP contribution >= 0.6 is 0 Å². The predicted octanol–water partition coefficient (Wildman–Crippen LogP) is 5.17. The molecule has 0 atom stereocenters. The molecule has 0 heterocycles. The summed E-state index contributed by atoms with van der Waals surface area (Å²) in [7, 11) is 1.48. The number of nitro benzene ring substituents is 1. The molecule has 0 aliphatic rings. The van der Waals surface area contributed by atoms with Crippen LogP contribution in [0.1, 0.15) is 0 Å². The molecular formula is C17H13N3O3. The number of fused-ring (bicyclic) bond motifs is 1. The molecule has 3 aromatic carbocycles. The molecule has 0 radical (unpaired) electrons. The smallest absolute Gasteiger partial charge is 0.271 e. The summed E-state index contributed by atoms with van der Waals surface area (Å²) >= 11 is 0. The summed E-state index contributed by atoms with van der Waals surface area (Å²) in [4.78, 5) is 10.4. The molecule has 0 saturated carbocycles. The van der Waals surface area contributed by atoms with Crippen LogP contribution in [0.25, 0.3) is 10.8 Å². The summed E-state index contributed by atoms with van der Waals surface area (Å²) in [6.07, 6.45) is 0. The van der Waals surface area contributed by atoms with Gasteiger partial charge in [0.2, 0.25) is 0 Å². The van der Waals surface area contributed by atoms with Crippen molar-refractivity contribution in [3.05, 3.63) is 70.8 Å². The van der Waals surface area contributed by atoms with Gasteiger partial charge in [-0.1, -0.05) is 36.4 Å². The largest absolute Gasteiger partial charge is 0.494 e. The molecule has 0 fully saturated rings. The average molecular weight is 307 g/mol. The third-order valence-electron chi connectivity index (χ3n) is 3.41. The first kappa shape index (κ1) is 14.6. The van der Waals surface area contributed by atoms with Crippen LogP contribution < -0.4 is 4.74 Å². The van der Waals surface area contributed by atoms with Crippen LogP contribution in [0.2, 0.25) is 0 Å². The van der Waals surface area contributed by atoms with Crippen LogP contribution in [0.3, 0.4) is 0 Å². The molecule has 114 valence electrons. The Bertz CT molecular complexity index is 901. The van der Waals surface area contributed by atoms with E-state index in [1.165, 1.54) is 25.3 Å². The van der Waals surface area contributed by atoms with E-state index in [-0.39, 0.29) is 5.69 Å². The number of non-ortho nitro benzene ring substituents is 1. The van der Waals surface area contributed by atoms with Crippen LogP contribution in [-0.2, 0) is 0 Å². The van der Waals surface area contributed by atoms with Gasteiger partial charge in [0.1, 0.15) is 11.4 Å². The highest BCUT2D eigenvalue weighted by molar-refractivity contribution is 5.92. The van der Waals surface area contributed by atoms with Crippen molar-refractivity contribution in [1.29, 1.82) is 0 Å². The van der Waals surface area contributed by atoms with Crippen LogP contribution in [0.5, 0.6) is 5.75 Å². The van der Waals surface area contributed by atoms with Gasteiger partial charge < -0.3 is 4.74 Å². The minimum absolute atomic E-state index is 0.0577. The first-order valence-corrected chi connectivity index (χ1v) is 6.91. The van der Waals surface area contributed by atoms with Gasteiger partial charge in [0, 0.05) is 17.5 Å². The standard InChI is InChI=1S/C17H13N3O3/c1-23-17-10-9-13(20(21)22)11-16(17)19-18-15-8-4-6-12-5-2-3-7-14(12)15/h2-11H,1H3/b19-18+. The van der Waals surface area contributed by atoms with Crippen molar-refractivity contribution in [2.45, 2.75) is 0 Å². The highest BCUT2D eigenvalue weighted by atomic mass is 16.6. The van der Waals surface area contributed by atoms with Gasteiger partial charge in [0.05, 0.1) is 17.7 Å². The fraction of sp³-hybridized carbons (Fsp3) is 0.0588. The number of nitrogens with zero attached hydrogens (tertiary/aromatic N) is 3. The monoisotopic (exact) mass is 307 g/mol. The number of azo groups is 1. The second-order valence-electron chi connectivity index (χ2n) is 4.81. The topological polar surface area (TPSA) is 77.1 Å². The van der Waals surface area contributed by atoms with Gasteiger partial charge in [-0.3, -0.25) is 10.1 Å². The molecule has 0 aliphatic heterocycles. The zero-order chi connectivity index (χ0) is 16.2. The van der Waals surface area contributed by atoms with Gasteiger partial charge >= 0.3 is 0 Å². The fourth-order valence-electron chi connectivity index (χ4n) is 2.27. The van der Waals surface area contributed by atoms with Crippen LogP contribution in [0.4, 0.5) is 17.1 Å². The van der Waals surface area contributed by atoms with Crippen molar-refractivity contribution in [1.82, 2.24) is 0 Å². The van der Waals surface area contributed by atoms with Crippen molar-refractivity contribution >= 4 is 27.8 Å². The quantitative estimate of drug-likeness (QED) is 0.379. The van der Waals surface area contributed by atoms with E-state index in [0.717, 1.165) is 10.8 Å². The van der Waals surface area contributed by atoms with Gasteiger partial charge in [-0.2, -0.15) is 0 Å². The van der Waals surface area contributed by atoms with E-state index >= 15 is 0 Å². The summed E-state index contributed by atoms with van der Waals surface area (Å²) in [6.45, 7) is 0. The number of hydrogen-bond donors (Lipinski definition) is 0. The van der Waals surface area contributed by atoms with Gasteiger partial charge in [0.15, 0.2) is 0 Å². The molecule has 6 nitrogen and oxygen atoms in total. The third kappa shape index (κ3) is 3.01. The maximum atomic E-state index is 10.9. The van der Waals surface area contributed by atoms with E-state index < -0.39 is 4.92 Å². The summed E-state index contributed by atoms with van der Waals surface area (Å²) < 4.78 is 5.18. The molecule has 23 heavy (non-hydrogen) atoms. The van der Waals surface area contributed by atoms with Gasteiger partial charge in [-0.25, -0.2) is 0 Å². The number of ether oxygens (including phenoxy) is 1. The number of hydrogen-bond acceptors (Lipinski definition) is 5. The molecule has 0 aliphatic carbocycles. The van der Waals surface area contributed by atoms with E-state index in [0.29, 0.717) is 17.1 Å². The van der Waals surface area contributed by atoms with E-state index in [1.54, 1.807) is 0 Å². The molecule has 0 bridgehead atoms. The zero-order valence-corrected chi connectivity index (χ0v) is 12.3. The molecule has 0 unspecified atom stereocenters. The molecule has 0 N–H and O–H groups in total. The molecule has 3 aromatic rings. The highest BCUT2D eigenvalue weighted by Crippen LogP contribution is 2.34. The van der Waals surface area contributed by atoms with E-state index in [1.807, 2.05) is 42.5 Å². The molecule has 3 rings (SSSR count). The maximum absolute atomic E-state index is 10.9. The normalized spacial score (nSPS) is 11.0. The lowest BCUT2D eigenvalue weighted by Crippen LogP contribution is -1.89. The summed E-state index contributed by atoms with van der Waals surface area (Å²) in [5, 5.41) is 21.3. The number of methoxy groups -OCH3 is 1. The van der Waals surface area contributed by atoms with E-state index in [2.05, 4.69) is 10.2 Å². The lowest BCUT2D eigenvalue weighted by Gasteiger charge is -2.04. The molecule has 0 saturated heterocycles. The molecule has 6 heteroatoms. The SMILES string of the molecule is COc1ccc([N+](=O)[O-])cc1/N=N/c1cccc2ccccc12.